The average molecular weight is 237 g/mol. The molecule has 3 heteroatoms. The molecule has 16 heavy (non-hydrogen) atoms. The van der Waals surface area contributed by atoms with Crippen LogP contribution < -0.4 is 0 Å². The standard InChI is InChI=1S/C13H10ClFO/c14-10-7-5-9(6-8-10)13(16)11-3-1-2-4-12(11)15/h1-8,13,16H. The molecule has 0 radical (unpaired) electrons. The predicted molar refractivity (Wildman–Crippen MR) is 61.9 cm³/mol. The van der Waals surface area contributed by atoms with E-state index in [1.54, 1.807) is 42.5 Å². The summed E-state index contributed by atoms with van der Waals surface area (Å²) in [7, 11) is 0. The van der Waals surface area contributed by atoms with E-state index < -0.39 is 11.9 Å². The van der Waals surface area contributed by atoms with Crippen molar-refractivity contribution in [2.75, 3.05) is 0 Å². The van der Waals surface area contributed by atoms with Crippen molar-refractivity contribution in [1.82, 2.24) is 0 Å². The molecule has 1 unspecified atom stereocenters. The molecule has 0 fully saturated rings. The quantitative estimate of drug-likeness (QED) is 0.845. The third-order valence-electron chi connectivity index (χ3n) is 2.39. The van der Waals surface area contributed by atoms with Gasteiger partial charge in [0, 0.05) is 10.6 Å². The molecule has 0 bridgehead atoms. The Balaban J connectivity index is 2.35. The molecule has 0 spiro atoms. The lowest BCUT2D eigenvalue weighted by atomic mass is 10.0. The van der Waals surface area contributed by atoms with Gasteiger partial charge in [-0.15, -0.1) is 0 Å². The van der Waals surface area contributed by atoms with Crippen LogP contribution in [0.4, 0.5) is 4.39 Å². The monoisotopic (exact) mass is 236 g/mol. The first-order chi connectivity index (χ1) is 7.68. The first kappa shape index (κ1) is 11.1. The van der Waals surface area contributed by atoms with Crippen LogP contribution in [0.3, 0.4) is 0 Å². The summed E-state index contributed by atoms with van der Waals surface area (Å²) in [4.78, 5) is 0. The maximum Gasteiger partial charge on any atom is 0.129 e. The zero-order valence-corrected chi connectivity index (χ0v) is 9.16. The Labute approximate surface area is 98.1 Å². The highest BCUT2D eigenvalue weighted by atomic mass is 35.5. The van der Waals surface area contributed by atoms with Gasteiger partial charge in [0.2, 0.25) is 0 Å². The summed E-state index contributed by atoms with van der Waals surface area (Å²) in [6.45, 7) is 0. The summed E-state index contributed by atoms with van der Waals surface area (Å²) in [5, 5.41) is 10.6. The Hall–Kier alpha value is -1.38. The Kier molecular flexibility index (Phi) is 3.22. The van der Waals surface area contributed by atoms with E-state index in [0.717, 1.165) is 0 Å². The van der Waals surface area contributed by atoms with Gasteiger partial charge in [-0.2, -0.15) is 0 Å². The largest absolute Gasteiger partial charge is 0.384 e. The van der Waals surface area contributed by atoms with Crippen molar-refractivity contribution >= 4 is 11.6 Å². The molecular formula is C13H10ClFO. The van der Waals surface area contributed by atoms with E-state index in [1.807, 2.05) is 0 Å². The fourth-order valence-corrected chi connectivity index (χ4v) is 1.65. The van der Waals surface area contributed by atoms with Crippen LogP contribution in [0.25, 0.3) is 0 Å². The molecule has 2 aromatic rings. The van der Waals surface area contributed by atoms with Crippen LogP contribution in [0, 0.1) is 5.82 Å². The Morgan fingerprint density at radius 1 is 1.00 bits per heavy atom. The second-order valence-corrected chi connectivity index (χ2v) is 3.91. The summed E-state index contributed by atoms with van der Waals surface area (Å²) in [5.41, 5.74) is 0.888. The third-order valence-corrected chi connectivity index (χ3v) is 2.64. The van der Waals surface area contributed by atoms with Gasteiger partial charge >= 0.3 is 0 Å². The van der Waals surface area contributed by atoms with E-state index in [1.165, 1.54) is 6.07 Å². The number of rotatable bonds is 2. The first-order valence-electron chi connectivity index (χ1n) is 4.86. The Morgan fingerprint density at radius 3 is 2.25 bits per heavy atom. The highest BCUT2D eigenvalue weighted by molar-refractivity contribution is 6.30. The SMILES string of the molecule is OC(c1ccc(Cl)cc1)c1ccccc1F. The number of benzene rings is 2. The molecule has 0 heterocycles. The van der Waals surface area contributed by atoms with Gasteiger partial charge in [0.25, 0.3) is 0 Å². The van der Waals surface area contributed by atoms with Crippen LogP contribution in [0.2, 0.25) is 5.02 Å². The molecule has 2 aromatic carbocycles. The number of aliphatic hydroxyl groups is 1. The van der Waals surface area contributed by atoms with Gasteiger partial charge in [-0.1, -0.05) is 41.9 Å². The molecule has 0 aliphatic rings. The maximum absolute atomic E-state index is 13.4. The molecule has 1 nitrogen and oxygen atoms in total. The lowest BCUT2D eigenvalue weighted by molar-refractivity contribution is 0.215. The van der Waals surface area contributed by atoms with Gasteiger partial charge < -0.3 is 5.11 Å². The van der Waals surface area contributed by atoms with Crippen molar-refractivity contribution < 1.29 is 9.50 Å². The van der Waals surface area contributed by atoms with Gasteiger partial charge in [0.1, 0.15) is 11.9 Å². The van der Waals surface area contributed by atoms with Crippen LogP contribution in [-0.2, 0) is 0 Å². The summed E-state index contributed by atoms with van der Waals surface area (Å²) in [5.74, 6) is -0.412. The number of halogens is 2. The minimum atomic E-state index is -0.960. The average Bonchev–Trinajstić information content (AvgIpc) is 2.30. The van der Waals surface area contributed by atoms with Crippen molar-refractivity contribution in [1.29, 1.82) is 0 Å². The lowest BCUT2D eigenvalue weighted by Crippen LogP contribution is -2.01. The fraction of sp³-hybridized carbons (Fsp3) is 0.0769. The normalized spacial score (nSPS) is 12.4. The van der Waals surface area contributed by atoms with Crippen molar-refractivity contribution in [2.45, 2.75) is 6.10 Å². The molecule has 1 atom stereocenters. The summed E-state index contributed by atoms with van der Waals surface area (Å²) in [6, 6.07) is 12.9. The van der Waals surface area contributed by atoms with Gasteiger partial charge in [0.05, 0.1) is 0 Å². The molecule has 82 valence electrons. The van der Waals surface area contributed by atoms with Gasteiger partial charge in [0.15, 0.2) is 0 Å². The van der Waals surface area contributed by atoms with Crippen molar-refractivity contribution in [3.8, 4) is 0 Å². The highest BCUT2D eigenvalue weighted by Crippen LogP contribution is 2.24. The van der Waals surface area contributed by atoms with E-state index >= 15 is 0 Å². The molecule has 2 rings (SSSR count). The van der Waals surface area contributed by atoms with Gasteiger partial charge in [-0.05, 0) is 23.8 Å². The van der Waals surface area contributed by atoms with E-state index in [0.29, 0.717) is 10.6 Å². The summed E-state index contributed by atoms with van der Waals surface area (Å²) >= 11 is 5.74. The summed E-state index contributed by atoms with van der Waals surface area (Å²) in [6.07, 6.45) is -0.960. The van der Waals surface area contributed by atoms with E-state index in [4.69, 9.17) is 11.6 Å². The number of aliphatic hydroxyl groups excluding tert-OH is 1. The zero-order valence-electron chi connectivity index (χ0n) is 8.40. The number of hydrogen-bond donors (Lipinski definition) is 1. The van der Waals surface area contributed by atoms with Crippen LogP contribution in [0.1, 0.15) is 17.2 Å². The minimum Gasteiger partial charge on any atom is -0.384 e. The number of hydrogen-bond acceptors (Lipinski definition) is 1. The second kappa shape index (κ2) is 4.64. The van der Waals surface area contributed by atoms with Crippen molar-refractivity contribution in [3.05, 3.63) is 70.5 Å². The molecule has 0 aromatic heterocycles. The molecule has 0 saturated heterocycles. The Bertz CT molecular complexity index is 482. The molecule has 0 saturated carbocycles. The molecule has 0 aliphatic carbocycles. The Morgan fingerprint density at radius 2 is 1.62 bits per heavy atom. The lowest BCUT2D eigenvalue weighted by Gasteiger charge is -2.12. The highest BCUT2D eigenvalue weighted by Gasteiger charge is 2.13. The first-order valence-corrected chi connectivity index (χ1v) is 5.24. The molecule has 0 amide bonds. The predicted octanol–water partition coefficient (Wildman–Crippen LogP) is 3.56. The van der Waals surface area contributed by atoms with Crippen LogP contribution >= 0.6 is 11.6 Å². The molecule has 0 aliphatic heterocycles. The third kappa shape index (κ3) is 2.23. The molecule has 1 N–H and O–H groups in total. The zero-order chi connectivity index (χ0) is 11.5. The molecular weight excluding hydrogens is 227 g/mol. The van der Waals surface area contributed by atoms with Crippen LogP contribution in [-0.4, -0.2) is 5.11 Å². The second-order valence-electron chi connectivity index (χ2n) is 3.48. The van der Waals surface area contributed by atoms with E-state index in [9.17, 15) is 9.50 Å². The smallest absolute Gasteiger partial charge is 0.129 e. The van der Waals surface area contributed by atoms with E-state index in [-0.39, 0.29) is 5.56 Å². The van der Waals surface area contributed by atoms with Crippen LogP contribution in [0.15, 0.2) is 48.5 Å². The maximum atomic E-state index is 13.4. The minimum absolute atomic E-state index is 0.268. The van der Waals surface area contributed by atoms with Crippen LogP contribution in [0.5, 0.6) is 0 Å². The summed E-state index contributed by atoms with van der Waals surface area (Å²) < 4.78 is 13.4. The van der Waals surface area contributed by atoms with Gasteiger partial charge in [-0.3, -0.25) is 0 Å². The topological polar surface area (TPSA) is 20.2 Å². The van der Waals surface area contributed by atoms with Crippen molar-refractivity contribution in [2.24, 2.45) is 0 Å². The van der Waals surface area contributed by atoms with E-state index in [2.05, 4.69) is 0 Å². The van der Waals surface area contributed by atoms with Crippen molar-refractivity contribution in [3.63, 3.8) is 0 Å². The fourth-order valence-electron chi connectivity index (χ4n) is 1.52. The van der Waals surface area contributed by atoms with Gasteiger partial charge in [-0.25, -0.2) is 4.39 Å².